The largest absolute Gasteiger partial charge is 0.300 e. The van der Waals surface area contributed by atoms with Crippen LogP contribution in [0.25, 0.3) is 0 Å². The van der Waals surface area contributed by atoms with Crippen LogP contribution in [0, 0.1) is 0 Å². The fourth-order valence-corrected chi connectivity index (χ4v) is 3.04. The Hall–Kier alpha value is -0.130. The minimum Gasteiger partial charge on any atom is -0.300 e. The molecule has 2 fully saturated rings. The first kappa shape index (κ1) is 10.4. The van der Waals surface area contributed by atoms with Gasteiger partial charge in [-0.25, -0.2) is 12.7 Å². The Morgan fingerprint density at radius 2 is 1.50 bits per heavy atom. The lowest BCUT2D eigenvalue weighted by Gasteiger charge is -2.33. The van der Waals surface area contributed by atoms with Crippen molar-refractivity contribution in [3.63, 3.8) is 0 Å². The molecule has 0 unspecified atom stereocenters. The highest BCUT2D eigenvalue weighted by Gasteiger charge is 2.26. The molecule has 0 amide bonds. The molecule has 82 valence electrons. The summed E-state index contributed by atoms with van der Waals surface area (Å²) in [6, 6.07) is 0.642. The van der Waals surface area contributed by atoms with Gasteiger partial charge in [0.15, 0.2) is 0 Å². The van der Waals surface area contributed by atoms with Crippen LogP contribution in [0.1, 0.15) is 25.7 Å². The fraction of sp³-hybridized carbons (Fsp3) is 1.00. The molecule has 2 saturated heterocycles. The minimum absolute atomic E-state index is 0.642. The average molecular weight is 218 g/mol. The molecule has 0 aliphatic carbocycles. The maximum Gasteiger partial charge on any atom is 0.203 e. The van der Waals surface area contributed by atoms with Gasteiger partial charge in [-0.3, -0.25) is 0 Å². The van der Waals surface area contributed by atoms with E-state index in [1.54, 1.807) is 4.31 Å². The van der Waals surface area contributed by atoms with Crippen molar-refractivity contribution in [1.29, 1.82) is 0 Å². The second-order valence-electron chi connectivity index (χ2n) is 4.17. The average Bonchev–Trinajstić information content (AvgIpc) is 2.71. The third kappa shape index (κ3) is 2.27. The molecule has 2 heterocycles. The Morgan fingerprint density at radius 3 is 2.00 bits per heavy atom. The van der Waals surface area contributed by atoms with E-state index in [0.29, 0.717) is 6.04 Å². The number of hydrogen-bond acceptors (Lipinski definition) is 3. The summed E-state index contributed by atoms with van der Waals surface area (Å²) in [5.74, 6) is 0. The maximum atomic E-state index is 10.7. The molecule has 2 aliphatic rings. The van der Waals surface area contributed by atoms with E-state index in [-0.39, 0.29) is 0 Å². The summed E-state index contributed by atoms with van der Waals surface area (Å²) in [7, 11) is -2.34. The second-order valence-corrected chi connectivity index (χ2v) is 5.21. The van der Waals surface area contributed by atoms with Crippen molar-refractivity contribution in [1.82, 2.24) is 9.21 Å². The number of likely N-dealkylation sites (tertiary alicyclic amines) is 1. The normalized spacial score (nSPS) is 27.5. The molecular weight excluding hydrogens is 200 g/mol. The minimum atomic E-state index is -2.34. The Labute approximate surface area is 87.0 Å². The Bertz CT molecular complexity index is 246. The summed E-state index contributed by atoms with van der Waals surface area (Å²) in [5.41, 5.74) is 0. The third-order valence-corrected chi connectivity index (χ3v) is 4.19. The van der Waals surface area contributed by atoms with Gasteiger partial charge in [-0.1, -0.05) is 0 Å². The molecule has 0 aromatic carbocycles. The van der Waals surface area contributed by atoms with E-state index in [1.807, 2.05) is 0 Å². The van der Waals surface area contributed by atoms with Gasteiger partial charge in [0.1, 0.15) is 0 Å². The SMILES string of the molecule is O=[SH](=O)N1CCC(N2CCCC2)CC1. The first-order chi connectivity index (χ1) is 6.77. The monoisotopic (exact) mass is 218 g/mol. The van der Waals surface area contributed by atoms with Gasteiger partial charge in [-0.15, -0.1) is 0 Å². The van der Waals surface area contributed by atoms with Crippen LogP contribution in [0.2, 0.25) is 0 Å². The number of piperidine rings is 1. The number of rotatable bonds is 2. The Balaban J connectivity index is 1.83. The van der Waals surface area contributed by atoms with Gasteiger partial charge in [0, 0.05) is 19.1 Å². The summed E-state index contributed by atoms with van der Waals surface area (Å²) in [6.45, 7) is 3.88. The highest BCUT2D eigenvalue weighted by Crippen LogP contribution is 2.20. The molecule has 0 N–H and O–H groups in total. The van der Waals surface area contributed by atoms with Crippen LogP contribution in [-0.4, -0.2) is 49.8 Å². The van der Waals surface area contributed by atoms with Crippen molar-refractivity contribution in [3.8, 4) is 0 Å². The molecule has 0 saturated carbocycles. The zero-order valence-corrected chi connectivity index (χ0v) is 9.29. The molecule has 0 radical (unpaired) electrons. The van der Waals surface area contributed by atoms with Crippen LogP contribution in [-0.2, 0) is 10.9 Å². The van der Waals surface area contributed by atoms with Crippen LogP contribution in [0.3, 0.4) is 0 Å². The summed E-state index contributed by atoms with van der Waals surface area (Å²) >= 11 is 0. The first-order valence-corrected chi connectivity index (χ1v) is 6.54. The lowest BCUT2D eigenvalue weighted by atomic mass is 10.1. The molecule has 0 atom stereocenters. The van der Waals surface area contributed by atoms with Crippen molar-refractivity contribution >= 4 is 10.9 Å². The van der Waals surface area contributed by atoms with Crippen molar-refractivity contribution < 1.29 is 8.42 Å². The van der Waals surface area contributed by atoms with Crippen LogP contribution >= 0.6 is 0 Å². The van der Waals surface area contributed by atoms with Gasteiger partial charge in [-0.05, 0) is 38.8 Å². The van der Waals surface area contributed by atoms with Crippen LogP contribution in [0.4, 0.5) is 0 Å². The molecular formula is C9H18N2O2S. The molecule has 2 rings (SSSR count). The van der Waals surface area contributed by atoms with Crippen LogP contribution < -0.4 is 0 Å². The molecule has 0 aromatic rings. The van der Waals surface area contributed by atoms with Crippen molar-refractivity contribution in [2.75, 3.05) is 26.2 Å². The van der Waals surface area contributed by atoms with E-state index in [9.17, 15) is 8.42 Å². The molecule has 14 heavy (non-hydrogen) atoms. The number of thiol groups is 1. The van der Waals surface area contributed by atoms with Gasteiger partial charge in [0.2, 0.25) is 10.9 Å². The predicted octanol–water partition coefficient (Wildman–Crippen LogP) is 0.0730. The summed E-state index contributed by atoms with van der Waals surface area (Å²) in [5, 5.41) is 0. The quantitative estimate of drug-likeness (QED) is 0.667. The molecule has 0 bridgehead atoms. The van der Waals surface area contributed by atoms with Crippen LogP contribution in [0.15, 0.2) is 0 Å². The van der Waals surface area contributed by atoms with E-state index < -0.39 is 10.9 Å². The highest BCUT2D eigenvalue weighted by atomic mass is 32.2. The standard InChI is InChI=1S/C9H18N2O2S/c12-14(13)11-7-3-9(4-8-11)10-5-1-2-6-10/h9,14H,1-8H2. The first-order valence-electron chi connectivity index (χ1n) is 5.40. The van der Waals surface area contributed by atoms with Crippen molar-refractivity contribution in [3.05, 3.63) is 0 Å². The van der Waals surface area contributed by atoms with Crippen molar-refractivity contribution in [2.45, 2.75) is 31.7 Å². The zero-order chi connectivity index (χ0) is 9.97. The van der Waals surface area contributed by atoms with Crippen LogP contribution in [0.5, 0.6) is 0 Å². The number of nitrogens with zero attached hydrogens (tertiary/aromatic N) is 2. The molecule has 5 heteroatoms. The summed E-state index contributed by atoms with van der Waals surface area (Å²) < 4.78 is 23.0. The van der Waals surface area contributed by atoms with Gasteiger partial charge >= 0.3 is 0 Å². The number of hydrogen-bond donors (Lipinski definition) is 1. The van der Waals surface area contributed by atoms with E-state index in [0.717, 1.165) is 25.9 Å². The van der Waals surface area contributed by atoms with Gasteiger partial charge in [0.25, 0.3) is 0 Å². The van der Waals surface area contributed by atoms with E-state index >= 15 is 0 Å². The second kappa shape index (κ2) is 4.59. The Kier molecular flexibility index (Phi) is 3.41. The summed E-state index contributed by atoms with van der Waals surface area (Å²) in [6.07, 6.45) is 4.67. The van der Waals surface area contributed by atoms with E-state index in [1.165, 1.54) is 25.9 Å². The van der Waals surface area contributed by atoms with Gasteiger partial charge < -0.3 is 4.90 Å². The Morgan fingerprint density at radius 1 is 0.929 bits per heavy atom. The lowest BCUT2D eigenvalue weighted by molar-refractivity contribution is 0.169. The molecule has 0 spiro atoms. The molecule has 2 aliphatic heterocycles. The smallest absolute Gasteiger partial charge is 0.203 e. The van der Waals surface area contributed by atoms with Gasteiger partial charge in [0.05, 0.1) is 0 Å². The maximum absolute atomic E-state index is 10.7. The topological polar surface area (TPSA) is 40.6 Å². The lowest BCUT2D eigenvalue weighted by Crippen LogP contribution is -2.43. The van der Waals surface area contributed by atoms with E-state index in [4.69, 9.17) is 0 Å². The zero-order valence-electron chi connectivity index (χ0n) is 8.39. The third-order valence-electron chi connectivity index (χ3n) is 3.33. The highest BCUT2D eigenvalue weighted by molar-refractivity contribution is 7.69. The van der Waals surface area contributed by atoms with Gasteiger partial charge in [-0.2, -0.15) is 0 Å². The van der Waals surface area contributed by atoms with Crippen molar-refractivity contribution in [2.24, 2.45) is 0 Å². The molecule has 0 aromatic heterocycles. The van der Waals surface area contributed by atoms with E-state index in [2.05, 4.69) is 4.90 Å². The molecule has 4 nitrogen and oxygen atoms in total. The summed E-state index contributed by atoms with van der Waals surface area (Å²) in [4.78, 5) is 2.52. The fourth-order valence-electron chi connectivity index (χ4n) is 2.49. The predicted molar refractivity (Wildman–Crippen MR) is 55.7 cm³/mol.